The first-order valence-corrected chi connectivity index (χ1v) is 4.06. The number of amides is 1. The molecule has 0 aromatic carbocycles. The highest BCUT2D eigenvalue weighted by Crippen LogP contribution is 2.27. The van der Waals surface area contributed by atoms with Crippen molar-refractivity contribution in [1.29, 1.82) is 0 Å². The van der Waals surface area contributed by atoms with Crippen molar-refractivity contribution in [2.45, 2.75) is 25.4 Å². The summed E-state index contributed by atoms with van der Waals surface area (Å²) in [7, 11) is 0. The molecule has 72 valence electrons. The molecule has 0 aliphatic carbocycles. The van der Waals surface area contributed by atoms with Crippen molar-refractivity contribution in [3.8, 4) is 0 Å². The monoisotopic (exact) mass is 184 g/mol. The summed E-state index contributed by atoms with van der Waals surface area (Å²) in [5, 5.41) is 3.35. The molecule has 0 aromatic rings. The zero-order valence-electron chi connectivity index (χ0n) is 7.52. The van der Waals surface area contributed by atoms with Gasteiger partial charge in [-0.3, -0.25) is 0 Å². The largest absolute Gasteiger partial charge is 0.440 e. The van der Waals surface area contributed by atoms with Crippen LogP contribution >= 0.6 is 0 Å². The van der Waals surface area contributed by atoms with Crippen LogP contribution in [0.25, 0.3) is 0 Å². The van der Waals surface area contributed by atoms with Gasteiger partial charge in [0, 0.05) is 0 Å². The van der Waals surface area contributed by atoms with Crippen LogP contribution in [0.15, 0.2) is 17.9 Å². The second kappa shape index (κ2) is 3.55. The standard InChI is InChI=1S/C8H12N2O3/c1-3-4-5-8(2)6-10(9-12)7(11)13-8/h3H,1,4-6H2,2H3. The summed E-state index contributed by atoms with van der Waals surface area (Å²) in [4.78, 5) is 21.1. The van der Waals surface area contributed by atoms with Crippen molar-refractivity contribution in [3.63, 3.8) is 0 Å². The van der Waals surface area contributed by atoms with Crippen LogP contribution in [0, 0.1) is 4.91 Å². The van der Waals surface area contributed by atoms with E-state index in [-0.39, 0.29) is 6.54 Å². The summed E-state index contributed by atoms with van der Waals surface area (Å²) in [6.07, 6.45) is 2.49. The number of ether oxygens (including phenoxy) is 1. The van der Waals surface area contributed by atoms with Crippen molar-refractivity contribution in [2.24, 2.45) is 5.29 Å². The fraction of sp³-hybridized carbons (Fsp3) is 0.625. The van der Waals surface area contributed by atoms with Crippen LogP contribution in [0.2, 0.25) is 0 Å². The highest BCUT2D eigenvalue weighted by atomic mass is 16.6. The van der Waals surface area contributed by atoms with Crippen LogP contribution in [-0.4, -0.2) is 23.2 Å². The van der Waals surface area contributed by atoms with Gasteiger partial charge >= 0.3 is 6.09 Å². The smallest absolute Gasteiger partial charge is 0.433 e. The van der Waals surface area contributed by atoms with Crippen LogP contribution < -0.4 is 0 Å². The number of hydrogen-bond donors (Lipinski definition) is 0. The quantitative estimate of drug-likeness (QED) is 0.494. The molecule has 1 rings (SSSR count). The van der Waals surface area contributed by atoms with Gasteiger partial charge in [-0.2, -0.15) is 5.01 Å². The summed E-state index contributed by atoms with van der Waals surface area (Å²) >= 11 is 0. The molecule has 1 aliphatic rings. The molecule has 1 unspecified atom stereocenters. The minimum absolute atomic E-state index is 0.225. The Kier molecular flexibility index (Phi) is 2.65. The van der Waals surface area contributed by atoms with Gasteiger partial charge in [-0.1, -0.05) is 6.08 Å². The number of rotatable bonds is 4. The molecule has 1 aliphatic heterocycles. The molecule has 0 radical (unpaired) electrons. The molecule has 1 atom stereocenters. The third kappa shape index (κ3) is 2.05. The maximum Gasteiger partial charge on any atom is 0.433 e. The number of carbonyl (C=O) groups excluding carboxylic acids is 1. The normalized spacial score (nSPS) is 27.2. The van der Waals surface area contributed by atoms with Crippen molar-refractivity contribution in [1.82, 2.24) is 5.01 Å². The average molecular weight is 184 g/mol. The van der Waals surface area contributed by atoms with Crippen LogP contribution in [0.1, 0.15) is 19.8 Å². The molecule has 0 aromatic heterocycles. The molecule has 1 heterocycles. The lowest BCUT2D eigenvalue weighted by atomic mass is 10.0. The lowest BCUT2D eigenvalue weighted by Gasteiger charge is -2.19. The van der Waals surface area contributed by atoms with E-state index < -0.39 is 11.7 Å². The van der Waals surface area contributed by atoms with Gasteiger partial charge in [-0.25, -0.2) is 4.79 Å². The van der Waals surface area contributed by atoms with Crippen LogP contribution in [0.5, 0.6) is 0 Å². The average Bonchev–Trinajstić information content (AvgIpc) is 2.39. The molecule has 0 bridgehead atoms. The Hall–Kier alpha value is -1.39. The molecule has 0 N–H and O–H groups in total. The molecule has 0 saturated carbocycles. The maximum absolute atomic E-state index is 11.0. The van der Waals surface area contributed by atoms with Crippen molar-refractivity contribution in [3.05, 3.63) is 17.6 Å². The van der Waals surface area contributed by atoms with E-state index in [1.807, 2.05) is 0 Å². The van der Waals surface area contributed by atoms with Crippen LogP contribution in [0.3, 0.4) is 0 Å². The predicted molar refractivity (Wildman–Crippen MR) is 46.8 cm³/mol. The maximum atomic E-state index is 11.0. The summed E-state index contributed by atoms with van der Waals surface area (Å²) in [5.41, 5.74) is -0.598. The highest BCUT2D eigenvalue weighted by Gasteiger charge is 2.41. The number of hydrogen-bond acceptors (Lipinski definition) is 4. The van der Waals surface area contributed by atoms with E-state index in [9.17, 15) is 9.70 Å². The molecule has 5 heteroatoms. The Labute approximate surface area is 76.3 Å². The third-order valence-corrected chi connectivity index (χ3v) is 2.00. The summed E-state index contributed by atoms with van der Waals surface area (Å²) in [6, 6.07) is 0. The van der Waals surface area contributed by atoms with Gasteiger partial charge in [-0.15, -0.1) is 11.5 Å². The Morgan fingerprint density at radius 2 is 2.54 bits per heavy atom. The summed E-state index contributed by atoms with van der Waals surface area (Å²) in [6.45, 7) is 5.57. The van der Waals surface area contributed by atoms with Gasteiger partial charge in [-0.05, 0) is 19.8 Å². The van der Waals surface area contributed by atoms with Gasteiger partial charge in [0.2, 0.25) is 0 Å². The number of nitrogens with zero attached hydrogens (tertiary/aromatic N) is 2. The SMILES string of the molecule is C=CCCC1(C)CN(N=O)C(=O)O1. The second-order valence-electron chi connectivity index (χ2n) is 3.28. The zero-order chi connectivity index (χ0) is 9.90. The van der Waals surface area contributed by atoms with Crippen molar-refractivity contribution in [2.75, 3.05) is 6.54 Å². The topological polar surface area (TPSA) is 59.0 Å². The van der Waals surface area contributed by atoms with Gasteiger partial charge < -0.3 is 4.74 Å². The minimum Gasteiger partial charge on any atom is -0.440 e. The van der Waals surface area contributed by atoms with E-state index in [1.165, 1.54) is 0 Å². The van der Waals surface area contributed by atoms with E-state index in [1.54, 1.807) is 13.0 Å². The van der Waals surface area contributed by atoms with E-state index in [0.717, 1.165) is 11.4 Å². The molecule has 1 saturated heterocycles. The van der Waals surface area contributed by atoms with E-state index in [0.29, 0.717) is 6.42 Å². The first-order valence-electron chi connectivity index (χ1n) is 4.06. The molecular formula is C8H12N2O3. The molecule has 0 spiro atoms. The number of nitroso groups, excluding NO2 is 1. The predicted octanol–water partition coefficient (Wildman–Crippen LogP) is 1.84. The fourth-order valence-electron chi connectivity index (χ4n) is 1.28. The Balaban J connectivity index is 2.58. The van der Waals surface area contributed by atoms with E-state index in [2.05, 4.69) is 11.9 Å². The third-order valence-electron chi connectivity index (χ3n) is 2.00. The number of cyclic esters (lactones) is 1. The molecule has 5 nitrogen and oxygen atoms in total. The Bertz CT molecular complexity index is 242. The highest BCUT2D eigenvalue weighted by molar-refractivity contribution is 5.70. The van der Waals surface area contributed by atoms with E-state index >= 15 is 0 Å². The lowest BCUT2D eigenvalue weighted by molar-refractivity contribution is 0.0657. The van der Waals surface area contributed by atoms with Crippen molar-refractivity contribution >= 4 is 6.09 Å². The first kappa shape index (κ1) is 9.70. The Morgan fingerprint density at radius 1 is 1.85 bits per heavy atom. The van der Waals surface area contributed by atoms with Crippen LogP contribution in [0.4, 0.5) is 4.79 Å². The lowest BCUT2D eigenvalue weighted by Crippen LogP contribution is -2.29. The Morgan fingerprint density at radius 3 is 3.00 bits per heavy atom. The zero-order valence-corrected chi connectivity index (χ0v) is 7.52. The van der Waals surface area contributed by atoms with Gasteiger partial charge in [0.25, 0.3) is 0 Å². The number of carbonyl (C=O) groups is 1. The van der Waals surface area contributed by atoms with Gasteiger partial charge in [0.1, 0.15) is 5.60 Å². The van der Waals surface area contributed by atoms with Gasteiger partial charge in [0.05, 0.1) is 11.8 Å². The summed E-state index contributed by atoms with van der Waals surface area (Å²) in [5.74, 6) is 0. The van der Waals surface area contributed by atoms with Crippen molar-refractivity contribution < 1.29 is 9.53 Å². The first-order chi connectivity index (χ1) is 6.11. The number of allylic oxidation sites excluding steroid dienone is 1. The molecule has 1 fully saturated rings. The minimum atomic E-state index is -0.665. The fourth-order valence-corrected chi connectivity index (χ4v) is 1.28. The molecular weight excluding hydrogens is 172 g/mol. The van der Waals surface area contributed by atoms with E-state index in [4.69, 9.17) is 4.74 Å². The second-order valence-corrected chi connectivity index (χ2v) is 3.28. The van der Waals surface area contributed by atoms with Crippen LogP contribution in [-0.2, 0) is 4.74 Å². The van der Waals surface area contributed by atoms with Gasteiger partial charge in [0.15, 0.2) is 0 Å². The molecule has 1 amide bonds. The molecule has 13 heavy (non-hydrogen) atoms. The summed E-state index contributed by atoms with van der Waals surface area (Å²) < 4.78 is 5.00.